The van der Waals surface area contributed by atoms with Crippen molar-refractivity contribution in [2.75, 3.05) is 19.7 Å². The monoisotopic (exact) mass is 244 g/mol. The van der Waals surface area contributed by atoms with Gasteiger partial charge in [0, 0.05) is 13.1 Å². The lowest BCUT2D eigenvalue weighted by atomic mass is 9.98. The highest BCUT2D eigenvalue weighted by Crippen LogP contribution is 2.15. The minimum absolute atomic E-state index is 0.0343. The van der Waals surface area contributed by atoms with Gasteiger partial charge in [-0.25, -0.2) is 0 Å². The van der Waals surface area contributed by atoms with E-state index >= 15 is 0 Å². The summed E-state index contributed by atoms with van der Waals surface area (Å²) in [7, 11) is 0. The number of rotatable bonds is 4. The molecule has 3 N–H and O–H groups in total. The first-order chi connectivity index (χ1) is 7.99. The van der Waals surface area contributed by atoms with E-state index in [4.69, 9.17) is 15.6 Å². The van der Waals surface area contributed by atoms with E-state index in [1.807, 2.05) is 20.8 Å². The number of amides is 1. The minimum Gasteiger partial charge on any atom is -0.394 e. The molecule has 0 spiro atoms. The van der Waals surface area contributed by atoms with Crippen molar-refractivity contribution in [3.8, 4) is 0 Å². The smallest absolute Gasteiger partial charge is 0.239 e. The normalized spacial score (nSPS) is 28.9. The number of ether oxygens (including phenoxy) is 1. The van der Waals surface area contributed by atoms with Crippen LogP contribution in [-0.2, 0) is 9.53 Å². The van der Waals surface area contributed by atoms with Gasteiger partial charge in [-0.1, -0.05) is 20.3 Å². The molecule has 0 aromatic rings. The number of hydrogen-bond donors (Lipinski definition) is 2. The van der Waals surface area contributed by atoms with Crippen LogP contribution in [-0.4, -0.2) is 53.9 Å². The summed E-state index contributed by atoms with van der Waals surface area (Å²) in [4.78, 5) is 13.9. The van der Waals surface area contributed by atoms with Crippen molar-refractivity contribution in [3.63, 3.8) is 0 Å². The highest BCUT2D eigenvalue weighted by atomic mass is 16.5. The molecule has 100 valence electrons. The molecule has 1 rings (SSSR count). The first kappa shape index (κ1) is 14.4. The average Bonchev–Trinajstić information content (AvgIpc) is 2.35. The molecule has 1 aliphatic rings. The quantitative estimate of drug-likeness (QED) is 0.728. The van der Waals surface area contributed by atoms with E-state index in [1.54, 1.807) is 4.90 Å². The van der Waals surface area contributed by atoms with Crippen LogP contribution in [0.2, 0.25) is 0 Å². The molecule has 1 amide bonds. The predicted molar refractivity (Wildman–Crippen MR) is 65.4 cm³/mol. The fraction of sp³-hybridized carbons (Fsp3) is 0.917. The standard InChI is InChI=1S/C12H24N2O3/c1-4-8(2)11(13)12(16)14-5-9(3)17-10(6-14)7-15/h8-11,15H,4-7,13H2,1-3H3. The minimum atomic E-state index is -0.454. The fourth-order valence-corrected chi connectivity index (χ4v) is 2.03. The van der Waals surface area contributed by atoms with Gasteiger partial charge in [-0.3, -0.25) is 4.79 Å². The molecule has 0 radical (unpaired) electrons. The molecule has 0 aromatic heterocycles. The summed E-state index contributed by atoms with van der Waals surface area (Å²) in [6, 6.07) is -0.454. The predicted octanol–water partition coefficient (Wildman–Crippen LogP) is -0.0320. The van der Waals surface area contributed by atoms with Crippen LogP contribution >= 0.6 is 0 Å². The van der Waals surface area contributed by atoms with Crippen LogP contribution in [0, 0.1) is 5.92 Å². The van der Waals surface area contributed by atoms with Gasteiger partial charge in [0.25, 0.3) is 0 Å². The second-order valence-corrected chi connectivity index (χ2v) is 4.91. The number of hydrogen-bond acceptors (Lipinski definition) is 4. The summed E-state index contributed by atoms with van der Waals surface area (Å²) in [5.41, 5.74) is 5.94. The van der Waals surface area contributed by atoms with Crippen molar-refractivity contribution in [2.24, 2.45) is 11.7 Å². The summed E-state index contributed by atoms with van der Waals surface area (Å²) >= 11 is 0. The van der Waals surface area contributed by atoms with Crippen LogP contribution in [0.5, 0.6) is 0 Å². The lowest BCUT2D eigenvalue weighted by molar-refractivity contribution is -0.149. The lowest BCUT2D eigenvalue weighted by Gasteiger charge is -2.38. The van der Waals surface area contributed by atoms with E-state index < -0.39 is 6.04 Å². The summed E-state index contributed by atoms with van der Waals surface area (Å²) in [6.07, 6.45) is 0.553. The summed E-state index contributed by atoms with van der Waals surface area (Å²) in [5.74, 6) is 0.140. The molecule has 0 saturated carbocycles. The lowest BCUT2D eigenvalue weighted by Crippen LogP contribution is -2.55. The van der Waals surface area contributed by atoms with Gasteiger partial charge in [-0.05, 0) is 12.8 Å². The number of nitrogens with two attached hydrogens (primary N) is 1. The molecule has 4 atom stereocenters. The highest BCUT2D eigenvalue weighted by Gasteiger charge is 2.31. The Kier molecular flexibility index (Phi) is 5.36. The third-order valence-corrected chi connectivity index (χ3v) is 3.38. The maximum Gasteiger partial charge on any atom is 0.239 e. The van der Waals surface area contributed by atoms with Gasteiger partial charge < -0.3 is 20.5 Å². The maximum atomic E-state index is 12.2. The van der Waals surface area contributed by atoms with Gasteiger partial charge in [-0.2, -0.15) is 0 Å². The second kappa shape index (κ2) is 6.33. The van der Waals surface area contributed by atoms with Crippen LogP contribution in [0.25, 0.3) is 0 Å². The Morgan fingerprint density at radius 3 is 2.76 bits per heavy atom. The molecule has 1 fully saturated rings. The van der Waals surface area contributed by atoms with E-state index in [2.05, 4.69) is 0 Å². The van der Waals surface area contributed by atoms with Gasteiger partial charge in [0.1, 0.15) is 0 Å². The van der Waals surface area contributed by atoms with E-state index in [9.17, 15) is 4.79 Å². The molecular formula is C12H24N2O3. The Hall–Kier alpha value is -0.650. The maximum absolute atomic E-state index is 12.2. The molecule has 0 bridgehead atoms. The van der Waals surface area contributed by atoms with Gasteiger partial charge in [0.15, 0.2) is 0 Å². The van der Waals surface area contributed by atoms with Crippen LogP contribution in [0.4, 0.5) is 0 Å². The van der Waals surface area contributed by atoms with Crippen LogP contribution in [0.1, 0.15) is 27.2 Å². The molecule has 5 heteroatoms. The zero-order valence-electron chi connectivity index (χ0n) is 10.9. The first-order valence-corrected chi connectivity index (χ1v) is 6.30. The van der Waals surface area contributed by atoms with Crippen molar-refractivity contribution >= 4 is 5.91 Å². The zero-order chi connectivity index (χ0) is 13.0. The third-order valence-electron chi connectivity index (χ3n) is 3.38. The Balaban J connectivity index is 2.61. The molecule has 4 unspecified atom stereocenters. The van der Waals surface area contributed by atoms with Crippen LogP contribution in [0.15, 0.2) is 0 Å². The van der Waals surface area contributed by atoms with E-state index in [1.165, 1.54) is 0 Å². The first-order valence-electron chi connectivity index (χ1n) is 6.30. The Bertz CT molecular complexity index is 260. The Labute approximate surface area is 103 Å². The number of carbonyl (C=O) groups is 1. The average molecular weight is 244 g/mol. The van der Waals surface area contributed by atoms with Gasteiger partial charge in [-0.15, -0.1) is 0 Å². The molecular weight excluding hydrogens is 220 g/mol. The molecule has 1 heterocycles. The second-order valence-electron chi connectivity index (χ2n) is 4.91. The fourth-order valence-electron chi connectivity index (χ4n) is 2.03. The van der Waals surface area contributed by atoms with Gasteiger partial charge in [0.05, 0.1) is 24.9 Å². The molecule has 1 saturated heterocycles. The Morgan fingerprint density at radius 2 is 2.24 bits per heavy atom. The van der Waals surface area contributed by atoms with Crippen molar-refractivity contribution in [3.05, 3.63) is 0 Å². The summed E-state index contributed by atoms with van der Waals surface area (Å²) in [6.45, 7) is 6.83. The topological polar surface area (TPSA) is 75.8 Å². The van der Waals surface area contributed by atoms with Crippen molar-refractivity contribution in [1.82, 2.24) is 4.90 Å². The van der Waals surface area contributed by atoms with Gasteiger partial charge in [0.2, 0.25) is 5.91 Å². The molecule has 0 aliphatic carbocycles. The molecule has 0 aromatic carbocycles. The molecule has 17 heavy (non-hydrogen) atoms. The zero-order valence-corrected chi connectivity index (χ0v) is 10.9. The third kappa shape index (κ3) is 3.66. The SMILES string of the molecule is CCC(C)C(N)C(=O)N1CC(C)OC(CO)C1. The van der Waals surface area contributed by atoms with Gasteiger partial charge >= 0.3 is 0 Å². The summed E-state index contributed by atoms with van der Waals surface area (Å²) < 4.78 is 5.50. The Morgan fingerprint density at radius 1 is 1.59 bits per heavy atom. The van der Waals surface area contributed by atoms with E-state index in [0.29, 0.717) is 13.1 Å². The molecule has 1 aliphatic heterocycles. The number of nitrogens with zero attached hydrogens (tertiary/aromatic N) is 1. The number of aliphatic hydroxyl groups is 1. The largest absolute Gasteiger partial charge is 0.394 e. The van der Waals surface area contributed by atoms with Crippen molar-refractivity contribution in [1.29, 1.82) is 0 Å². The van der Waals surface area contributed by atoms with Crippen LogP contribution < -0.4 is 5.73 Å². The number of aliphatic hydroxyl groups excluding tert-OH is 1. The van der Waals surface area contributed by atoms with E-state index in [-0.39, 0.29) is 30.6 Å². The summed E-state index contributed by atoms with van der Waals surface area (Å²) in [5, 5.41) is 9.11. The van der Waals surface area contributed by atoms with Crippen molar-refractivity contribution < 1.29 is 14.6 Å². The van der Waals surface area contributed by atoms with E-state index in [0.717, 1.165) is 6.42 Å². The number of carbonyl (C=O) groups excluding carboxylic acids is 1. The number of morpholine rings is 1. The van der Waals surface area contributed by atoms with Crippen LogP contribution in [0.3, 0.4) is 0 Å². The molecule has 5 nitrogen and oxygen atoms in total. The highest BCUT2D eigenvalue weighted by molar-refractivity contribution is 5.82. The van der Waals surface area contributed by atoms with Crippen molar-refractivity contribution in [2.45, 2.75) is 45.4 Å².